The van der Waals surface area contributed by atoms with Gasteiger partial charge >= 0.3 is 5.97 Å². The normalized spacial score (nSPS) is 9.95. The van der Waals surface area contributed by atoms with Gasteiger partial charge in [-0.25, -0.2) is 14.8 Å². The highest BCUT2D eigenvalue weighted by molar-refractivity contribution is 5.94. The van der Waals surface area contributed by atoms with Gasteiger partial charge in [-0.3, -0.25) is 4.79 Å². The first-order valence-corrected chi connectivity index (χ1v) is 5.50. The van der Waals surface area contributed by atoms with Crippen LogP contribution in [0.5, 0.6) is 0 Å². The van der Waals surface area contributed by atoms with Gasteiger partial charge < -0.3 is 10.4 Å². The third-order valence-corrected chi connectivity index (χ3v) is 2.41. The number of anilines is 2. The van der Waals surface area contributed by atoms with Crippen molar-refractivity contribution in [2.45, 2.75) is 6.92 Å². The molecule has 6 nitrogen and oxygen atoms in total. The molecule has 0 unspecified atom stereocenters. The summed E-state index contributed by atoms with van der Waals surface area (Å²) in [4.78, 5) is 29.3. The molecule has 1 aromatic heterocycles. The number of hydrogen-bond acceptors (Lipinski definition) is 5. The Kier molecular flexibility index (Phi) is 3.51. The molecule has 2 rings (SSSR count). The number of nitrogens with zero attached hydrogens (tertiary/aromatic N) is 2. The fraction of sp³-hybridized carbons (Fsp3) is 0.0769. The lowest BCUT2D eigenvalue weighted by Crippen LogP contribution is -2.05. The number of Topliss-reactive ketones (excluding diaryl/α,β-unsaturated/α-hetero) is 1. The number of carbonyl (C=O) groups excluding carboxylic acids is 1. The first-order valence-electron chi connectivity index (χ1n) is 5.50. The molecule has 0 spiro atoms. The monoisotopic (exact) mass is 257 g/mol. The number of aromatic carboxylic acids is 1. The van der Waals surface area contributed by atoms with Crippen molar-refractivity contribution in [3.63, 3.8) is 0 Å². The lowest BCUT2D eigenvalue weighted by molar-refractivity contribution is 0.0683. The van der Waals surface area contributed by atoms with Crippen LogP contribution in [0.3, 0.4) is 0 Å². The average molecular weight is 257 g/mol. The molecule has 0 radical (unpaired) electrons. The largest absolute Gasteiger partial charge is 0.475 e. The predicted octanol–water partition coefficient (Wildman–Crippen LogP) is 2.12. The van der Waals surface area contributed by atoms with E-state index < -0.39 is 5.97 Å². The molecule has 0 aliphatic carbocycles. The van der Waals surface area contributed by atoms with Gasteiger partial charge in [0.1, 0.15) is 5.82 Å². The van der Waals surface area contributed by atoms with Crippen LogP contribution < -0.4 is 5.32 Å². The van der Waals surface area contributed by atoms with Gasteiger partial charge in [-0.15, -0.1) is 0 Å². The second kappa shape index (κ2) is 5.26. The predicted molar refractivity (Wildman–Crippen MR) is 68.7 cm³/mol. The third-order valence-electron chi connectivity index (χ3n) is 2.41. The van der Waals surface area contributed by atoms with Gasteiger partial charge in [0, 0.05) is 17.4 Å². The number of carbonyl (C=O) groups is 2. The highest BCUT2D eigenvalue weighted by atomic mass is 16.4. The standard InChI is InChI=1S/C13H11N3O3/c1-8(17)9-2-4-10(5-3-9)15-11-6-7-14-12(16-11)13(18)19/h2-7H,1H3,(H,18,19)(H,14,15,16). The number of nitrogens with one attached hydrogen (secondary N) is 1. The summed E-state index contributed by atoms with van der Waals surface area (Å²) in [5.41, 5.74) is 1.32. The van der Waals surface area contributed by atoms with Gasteiger partial charge in [0.05, 0.1) is 0 Å². The topological polar surface area (TPSA) is 92.2 Å². The summed E-state index contributed by atoms with van der Waals surface area (Å²) in [5, 5.41) is 11.7. The lowest BCUT2D eigenvalue weighted by atomic mass is 10.1. The molecule has 0 aliphatic rings. The Labute approximate surface area is 109 Å². The number of ketones is 1. The second-order valence-corrected chi connectivity index (χ2v) is 3.83. The molecule has 0 bridgehead atoms. The quantitative estimate of drug-likeness (QED) is 0.815. The summed E-state index contributed by atoms with van der Waals surface area (Å²) in [6, 6.07) is 8.37. The van der Waals surface area contributed by atoms with Gasteiger partial charge in [-0.2, -0.15) is 0 Å². The molecule has 0 aliphatic heterocycles. The molecule has 1 heterocycles. The molecule has 2 aromatic rings. The maximum atomic E-state index is 11.1. The first kappa shape index (κ1) is 12.7. The summed E-state index contributed by atoms with van der Waals surface area (Å²) in [6.45, 7) is 1.49. The Bertz CT molecular complexity index is 623. The minimum Gasteiger partial charge on any atom is -0.475 e. The Morgan fingerprint density at radius 1 is 1.16 bits per heavy atom. The molecule has 0 saturated carbocycles. The van der Waals surface area contributed by atoms with Crippen molar-refractivity contribution in [1.29, 1.82) is 0 Å². The maximum absolute atomic E-state index is 11.1. The Balaban J connectivity index is 2.19. The van der Waals surface area contributed by atoms with Crippen LogP contribution in [0, 0.1) is 0 Å². The van der Waals surface area contributed by atoms with E-state index in [9.17, 15) is 9.59 Å². The molecule has 0 saturated heterocycles. The number of carboxylic acids is 1. The van der Waals surface area contributed by atoms with Gasteiger partial charge in [0.25, 0.3) is 0 Å². The van der Waals surface area contributed by atoms with Crippen molar-refractivity contribution >= 4 is 23.3 Å². The molecule has 6 heteroatoms. The highest BCUT2D eigenvalue weighted by Crippen LogP contribution is 2.15. The zero-order valence-corrected chi connectivity index (χ0v) is 10.1. The molecule has 2 N–H and O–H groups in total. The highest BCUT2D eigenvalue weighted by Gasteiger charge is 2.07. The number of rotatable bonds is 4. The van der Waals surface area contributed by atoms with E-state index in [1.54, 1.807) is 30.3 Å². The van der Waals surface area contributed by atoms with Crippen LogP contribution >= 0.6 is 0 Å². The van der Waals surface area contributed by atoms with E-state index in [1.807, 2.05) is 0 Å². The molecule has 0 atom stereocenters. The van der Waals surface area contributed by atoms with Crippen LogP contribution in [0.25, 0.3) is 0 Å². The van der Waals surface area contributed by atoms with Crippen molar-refractivity contribution in [1.82, 2.24) is 9.97 Å². The van der Waals surface area contributed by atoms with Crippen molar-refractivity contribution in [2.24, 2.45) is 0 Å². The summed E-state index contributed by atoms with van der Waals surface area (Å²) < 4.78 is 0. The Morgan fingerprint density at radius 2 is 1.84 bits per heavy atom. The van der Waals surface area contributed by atoms with E-state index in [0.29, 0.717) is 17.1 Å². The van der Waals surface area contributed by atoms with E-state index in [2.05, 4.69) is 15.3 Å². The van der Waals surface area contributed by atoms with Crippen LogP contribution in [0.15, 0.2) is 36.5 Å². The molecule has 0 amide bonds. The van der Waals surface area contributed by atoms with E-state index >= 15 is 0 Å². The molecular formula is C13H11N3O3. The van der Waals surface area contributed by atoms with Crippen molar-refractivity contribution in [3.8, 4) is 0 Å². The fourth-order valence-electron chi connectivity index (χ4n) is 1.47. The Morgan fingerprint density at radius 3 is 2.42 bits per heavy atom. The van der Waals surface area contributed by atoms with E-state index in [4.69, 9.17) is 5.11 Å². The third kappa shape index (κ3) is 3.12. The van der Waals surface area contributed by atoms with Gasteiger partial charge in [0.2, 0.25) is 5.82 Å². The number of aromatic nitrogens is 2. The lowest BCUT2D eigenvalue weighted by Gasteiger charge is -2.06. The molecule has 0 fully saturated rings. The van der Waals surface area contributed by atoms with Crippen molar-refractivity contribution in [3.05, 3.63) is 47.9 Å². The van der Waals surface area contributed by atoms with E-state index in [1.165, 1.54) is 13.1 Å². The molecule has 96 valence electrons. The summed E-state index contributed by atoms with van der Waals surface area (Å²) >= 11 is 0. The summed E-state index contributed by atoms with van der Waals surface area (Å²) in [5.74, 6) is -1.09. The van der Waals surface area contributed by atoms with E-state index in [0.717, 1.165) is 0 Å². The van der Waals surface area contributed by atoms with E-state index in [-0.39, 0.29) is 11.6 Å². The molecular weight excluding hydrogens is 246 g/mol. The average Bonchev–Trinajstić information content (AvgIpc) is 2.39. The SMILES string of the molecule is CC(=O)c1ccc(Nc2ccnc(C(=O)O)n2)cc1. The van der Waals surface area contributed by atoms with Gasteiger partial charge in [0.15, 0.2) is 5.78 Å². The molecule has 19 heavy (non-hydrogen) atoms. The second-order valence-electron chi connectivity index (χ2n) is 3.83. The zero-order valence-electron chi connectivity index (χ0n) is 10.1. The zero-order chi connectivity index (χ0) is 13.8. The Hall–Kier alpha value is -2.76. The van der Waals surface area contributed by atoms with Crippen LogP contribution in [0.1, 0.15) is 27.9 Å². The van der Waals surface area contributed by atoms with Crippen LogP contribution in [0.2, 0.25) is 0 Å². The minimum atomic E-state index is -1.18. The van der Waals surface area contributed by atoms with Crippen LogP contribution in [-0.2, 0) is 0 Å². The summed E-state index contributed by atoms with van der Waals surface area (Å²) in [6.07, 6.45) is 1.36. The van der Waals surface area contributed by atoms with Crippen molar-refractivity contribution in [2.75, 3.05) is 5.32 Å². The number of carboxylic acid groups (broad SMARTS) is 1. The van der Waals surface area contributed by atoms with Crippen molar-refractivity contribution < 1.29 is 14.7 Å². The van der Waals surface area contributed by atoms with Gasteiger partial charge in [-0.05, 0) is 37.3 Å². The first-order chi connectivity index (χ1) is 9.06. The maximum Gasteiger partial charge on any atom is 0.374 e. The smallest absolute Gasteiger partial charge is 0.374 e. The minimum absolute atomic E-state index is 0.0123. The number of hydrogen-bond donors (Lipinski definition) is 2. The summed E-state index contributed by atoms with van der Waals surface area (Å²) in [7, 11) is 0. The molecule has 1 aromatic carbocycles. The number of benzene rings is 1. The van der Waals surface area contributed by atoms with Crippen LogP contribution in [-0.4, -0.2) is 26.8 Å². The fourth-order valence-corrected chi connectivity index (χ4v) is 1.47. The van der Waals surface area contributed by atoms with Crippen LogP contribution in [0.4, 0.5) is 11.5 Å². The van der Waals surface area contributed by atoms with Gasteiger partial charge in [-0.1, -0.05) is 0 Å².